The number of amides is 1. The Bertz CT molecular complexity index is 549. The van der Waals surface area contributed by atoms with E-state index >= 15 is 0 Å². The SMILES string of the molecule is COC1CNCC(NC23CC(NC(=O)COC4CCC(Cl)C(F)C4)(C2)C3)N1. The largest absolute Gasteiger partial charge is 0.368 e. The number of methoxy groups -OCH3 is 1. The minimum absolute atomic E-state index is 0.00383. The highest BCUT2D eigenvalue weighted by Crippen LogP contribution is 2.60. The van der Waals surface area contributed by atoms with E-state index in [9.17, 15) is 9.18 Å². The van der Waals surface area contributed by atoms with Crippen LogP contribution < -0.4 is 21.3 Å². The molecule has 0 radical (unpaired) electrons. The molecule has 5 atom stereocenters. The predicted molar refractivity (Wildman–Crippen MR) is 99.3 cm³/mol. The second-order valence-corrected chi connectivity index (χ2v) is 9.22. The molecular weight excluding hydrogens is 375 g/mol. The van der Waals surface area contributed by atoms with Crippen LogP contribution in [0.3, 0.4) is 0 Å². The van der Waals surface area contributed by atoms with E-state index in [0.717, 1.165) is 32.4 Å². The standard InChI is InChI=1S/C18H30ClFN4O3/c1-26-16-6-21-5-14(22-16)23-17-8-18(9-17,10-17)24-15(25)7-27-11-2-3-12(19)13(20)4-11/h11-14,16,21-23H,2-10H2,1H3,(H,24,25). The summed E-state index contributed by atoms with van der Waals surface area (Å²) in [6.07, 6.45) is 3.34. The van der Waals surface area contributed by atoms with E-state index in [2.05, 4.69) is 21.3 Å². The molecule has 0 spiro atoms. The molecule has 154 valence electrons. The predicted octanol–water partition coefficient (Wildman–Crippen LogP) is 0.373. The molecule has 5 aliphatic rings. The highest BCUT2D eigenvalue weighted by Gasteiger charge is 2.68. The molecule has 0 aromatic rings. The lowest BCUT2D eigenvalue weighted by Crippen LogP contribution is -2.85. The highest BCUT2D eigenvalue weighted by molar-refractivity contribution is 6.21. The summed E-state index contributed by atoms with van der Waals surface area (Å²) in [5.41, 5.74) is 0.0237. The zero-order valence-corrected chi connectivity index (χ0v) is 16.5. The molecular formula is C18H30ClFN4O3. The molecule has 5 fully saturated rings. The van der Waals surface area contributed by atoms with Crippen LogP contribution in [-0.2, 0) is 14.3 Å². The van der Waals surface area contributed by atoms with Gasteiger partial charge in [0, 0.05) is 37.7 Å². The minimum atomic E-state index is -1.04. The van der Waals surface area contributed by atoms with Gasteiger partial charge in [0.1, 0.15) is 19.0 Å². The lowest BCUT2D eigenvalue weighted by molar-refractivity contribution is -0.150. The van der Waals surface area contributed by atoms with Gasteiger partial charge in [-0.15, -0.1) is 11.6 Å². The molecule has 4 saturated carbocycles. The van der Waals surface area contributed by atoms with Gasteiger partial charge in [-0.25, -0.2) is 4.39 Å². The van der Waals surface area contributed by atoms with E-state index in [-0.39, 0.29) is 48.5 Å². The number of rotatable bonds is 7. The first-order valence-electron chi connectivity index (χ1n) is 9.89. The first kappa shape index (κ1) is 19.8. The fraction of sp³-hybridized carbons (Fsp3) is 0.944. The first-order valence-corrected chi connectivity index (χ1v) is 10.3. The van der Waals surface area contributed by atoms with Crippen molar-refractivity contribution < 1.29 is 18.7 Å². The summed E-state index contributed by atoms with van der Waals surface area (Å²) >= 11 is 5.88. The molecule has 27 heavy (non-hydrogen) atoms. The number of carbonyl (C=O) groups is 1. The molecule has 1 saturated heterocycles. The molecule has 9 heteroatoms. The maximum atomic E-state index is 13.6. The van der Waals surface area contributed by atoms with Crippen LogP contribution in [0.5, 0.6) is 0 Å². The van der Waals surface area contributed by atoms with Crippen molar-refractivity contribution >= 4 is 17.5 Å². The number of alkyl halides is 2. The molecule has 0 aromatic carbocycles. The summed E-state index contributed by atoms with van der Waals surface area (Å²) in [5, 5.41) is 13.1. The van der Waals surface area contributed by atoms with E-state index in [1.54, 1.807) is 7.11 Å². The van der Waals surface area contributed by atoms with Crippen molar-refractivity contribution in [1.29, 1.82) is 0 Å². The summed E-state index contributed by atoms with van der Waals surface area (Å²) in [5.74, 6) is -0.108. The van der Waals surface area contributed by atoms with Gasteiger partial charge in [-0.05, 0) is 32.1 Å². The van der Waals surface area contributed by atoms with Gasteiger partial charge in [-0.2, -0.15) is 0 Å². The molecule has 4 aliphatic carbocycles. The fourth-order valence-electron chi connectivity index (χ4n) is 5.11. The molecule has 5 unspecified atom stereocenters. The summed E-state index contributed by atoms with van der Waals surface area (Å²) < 4.78 is 24.6. The van der Waals surface area contributed by atoms with Crippen LogP contribution in [0, 0.1) is 0 Å². The van der Waals surface area contributed by atoms with Crippen molar-refractivity contribution in [3.8, 4) is 0 Å². The average Bonchev–Trinajstić information content (AvgIpc) is 2.60. The Morgan fingerprint density at radius 3 is 2.74 bits per heavy atom. The number of piperazine rings is 1. The van der Waals surface area contributed by atoms with E-state index in [1.807, 2.05) is 0 Å². The third-order valence-corrected chi connectivity index (χ3v) is 6.85. The van der Waals surface area contributed by atoms with Crippen LogP contribution in [0.15, 0.2) is 0 Å². The third-order valence-electron chi connectivity index (χ3n) is 6.36. The maximum Gasteiger partial charge on any atom is 0.246 e. The van der Waals surface area contributed by atoms with Gasteiger partial charge >= 0.3 is 0 Å². The van der Waals surface area contributed by atoms with Crippen molar-refractivity contribution in [2.45, 2.75) is 79.6 Å². The Kier molecular flexibility index (Phi) is 5.66. The smallest absolute Gasteiger partial charge is 0.246 e. The molecule has 1 heterocycles. The van der Waals surface area contributed by atoms with Gasteiger partial charge in [0.2, 0.25) is 5.91 Å². The van der Waals surface area contributed by atoms with E-state index in [0.29, 0.717) is 12.8 Å². The molecule has 4 N–H and O–H groups in total. The summed E-state index contributed by atoms with van der Waals surface area (Å²) in [6, 6.07) is 0. The van der Waals surface area contributed by atoms with Gasteiger partial charge in [0.25, 0.3) is 0 Å². The lowest BCUT2D eigenvalue weighted by Gasteiger charge is -2.71. The number of carbonyl (C=O) groups excluding carboxylic acids is 1. The number of halogens is 2. The molecule has 0 aromatic heterocycles. The second-order valence-electron chi connectivity index (χ2n) is 8.66. The van der Waals surface area contributed by atoms with Gasteiger partial charge in [0.15, 0.2) is 0 Å². The van der Waals surface area contributed by atoms with Crippen molar-refractivity contribution in [2.75, 3.05) is 26.8 Å². The number of nitrogens with one attached hydrogen (secondary N) is 4. The van der Waals surface area contributed by atoms with Crippen molar-refractivity contribution in [2.24, 2.45) is 0 Å². The summed E-state index contributed by atoms with van der Waals surface area (Å²) in [7, 11) is 1.70. The fourth-order valence-corrected chi connectivity index (χ4v) is 5.34. The van der Waals surface area contributed by atoms with Gasteiger partial charge < -0.3 is 20.1 Å². The van der Waals surface area contributed by atoms with Crippen LogP contribution >= 0.6 is 11.6 Å². The van der Waals surface area contributed by atoms with Gasteiger partial charge in [-0.3, -0.25) is 15.4 Å². The van der Waals surface area contributed by atoms with Crippen LogP contribution in [0.25, 0.3) is 0 Å². The van der Waals surface area contributed by atoms with Crippen LogP contribution in [0.4, 0.5) is 4.39 Å². The minimum Gasteiger partial charge on any atom is -0.368 e. The van der Waals surface area contributed by atoms with E-state index in [1.165, 1.54) is 0 Å². The maximum absolute atomic E-state index is 13.6. The Hall–Kier alpha value is -0.510. The third kappa shape index (κ3) is 4.26. The van der Waals surface area contributed by atoms with Crippen molar-refractivity contribution in [1.82, 2.24) is 21.3 Å². The van der Waals surface area contributed by atoms with Gasteiger partial charge in [0.05, 0.1) is 17.6 Å². The number of hydrogen-bond donors (Lipinski definition) is 4. The normalized spacial score (nSPS) is 46.3. The highest BCUT2D eigenvalue weighted by atomic mass is 35.5. The second kappa shape index (κ2) is 7.72. The Morgan fingerprint density at radius 2 is 2.04 bits per heavy atom. The average molecular weight is 405 g/mol. The topological polar surface area (TPSA) is 83.7 Å². The molecule has 7 nitrogen and oxygen atoms in total. The molecule has 1 amide bonds. The van der Waals surface area contributed by atoms with Gasteiger partial charge in [-0.1, -0.05) is 0 Å². The molecule has 1 aliphatic heterocycles. The van der Waals surface area contributed by atoms with E-state index in [4.69, 9.17) is 21.1 Å². The van der Waals surface area contributed by atoms with E-state index < -0.39 is 11.5 Å². The van der Waals surface area contributed by atoms with Crippen LogP contribution in [0.1, 0.15) is 38.5 Å². The number of hydrogen-bond acceptors (Lipinski definition) is 6. The van der Waals surface area contributed by atoms with Crippen LogP contribution in [0.2, 0.25) is 0 Å². The Labute approximate surface area is 164 Å². The van der Waals surface area contributed by atoms with Crippen molar-refractivity contribution in [3.63, 3.8) is 0 Å². The summed E-state index contributed by atoms with van der Waals surface area (Å²) in [4.78, 5) is 12.2. The Balaban J connectivity index is 1.15. The number of ether oxygens (including phenoxy) is 2. The quantitative estimate of drug-likeness (QED) is 0.459. The molecule has 5 rings (SSSR count). The van der Waals surface area contributed by atoms with Crippen LogP contribution in [-0.4, -0.2) is 73.8 Å². The molecule has 2 bridgehead atoms. The lowest BCUT2D eigenvalue weighted by atomic mass is 9.44. The zero-order valence-electron chi connectivity index (χ0n) is 15.7. The Morgan fingerprint density at radius 1 is 1.26 bits per heavy atom. The van der Waals surface area contributed by atoms with Crippen molar-refractivity contribution in [3.05, 3.63) is 0 Å². The monoisotopic (exact) mass is 404 g/mol. The first-order chi connectivity index (χ1) is 12.9. The summed E-state index contributed by atoms with van der Waals surface area (Å²) in [6.45, 7) is 1.66. The zero-order chi connectivity index (χ0) is 19.1.